The Kier molecular flexibility index (Phi) is 3.35. The number of unbranched alkanes of at least 4 members (excludes halogenated alkanes) is 1. The molecule has 0 aliphatic heterocycles. The first-order valence-corrected chi connectivity index (χ1v) is 5.73. The lowest BCUT2D eigenvalue weighted by Crippen LogP contribution is -2.12. The predicted octanol–water partition coefficient (Wildman–Crippen LogP) is 1.55. The van der Waals surface area contributed by atoms with Crippen LogP contribution in [0, 0.1) is 17.0 Å². The van der Waals surface area contributed by atoms with Crippen molar-refractivity contribution in [2.45, 2.75) is 26.7 Å². The van der Waals surface area contributed by atoms with Crippen molar-refractivity contribution in [3.05, 3.63) is 22.1 Å². The fraction of sp³-hybridized carbons (Fsp3) is 0.500. The van der Waals surface area contributed by atoms with Crippen LogP contribution in [0.5, 0.6) is 0 Å². The van der Waals surface area contributed by atoms with E-state index in [2.05, 4.69) is 27.3 Å². The molecule has 8 heteroatoms. The molecule has 0 aliphatic rings. The summed E-state index contributed by atoms with van der Waals surface area (Å²) in [6.07, 6.45) is 3.26. The van der Waals surface area contributed by atoms with Gasteiger partial charge in [0.15, 0.2) is 0 Å². The van der Waals surface area contributed by atoms with E-state index in [1.54, 1.807) is 6.92 Å². The van der Waals surface area contributed by atoms with Crippen LogP contribution in [0.25, 0.3) is 5.78 Å². The summed E-state index contributed by atoms with van der Waals surface area (Å²) in [5.41, 5.74) is 0.281. The summed E-state index contributed by atoms with van der Waals surface area (Å²) in [7, 11) is 0. The summed E-state index contributed by atoms with van der Waals surface area (Å²) in [5, 5.41) is 18.1. The number of aromatic nitrogens is 4. The van der Waals surface area contributed by atoms with Crippen molar-refractivity contribution >= 4 is 17.3 Å². The monoisotopic (exact) mass is 250 g/mol. The highest BCUT2D eigenvalue weighted by atomic mass is 16.6. The zero-order valence-electron chi connectivity index (χ0n) is 10.3. The number of nitro groups is 1. The van der Waals surface area contributed by atoms with Gasteiger partial charge in [0.25, 0.3) is 5.78 Å². The van der Waals surface area contributed by atoms with Gasteiger partial charge in [-0.15, -0.1) is 0 Å². The minimum atomic E-state index is -0.447. The van der Waals surface area contributed by atoms with E-state index >= 15 is 0 Å². The van der Waals surface area contributed by atoms with Gasteiger partial charge in [-0.3, -0.25) is 10.1 Å². The van der Waals surface area contributed by atoms with Gasteiger partial charge in [-0.2, -0.15) is 14.6 Å². The van der Waals surface area contributed by atoms with Gasteiger partial charge >= 0.3 is 5.69 Å². The quantitative estimate of drug-likeness (QED) is 0.491. The van der Waals surface area contributed by atoms with E-state index < -0.39 is 4.92 Å². The van der Waals surface area contributed by atoms with Gasteiger partial charge in [0.2, 0.25) is 5.82 Å². The smallest absolute Gasteiger partial charge is 0.332 e. The molecule has 0 bridgehead atoms. The fourth-order valence-electron chi connectivity index (χ4n) is 1.70. The van der Waals surface area contributed by atoms with Crippen LogP contribution in [-0.2, 0) is 0 Å². The van der Waals surface area contributed by atoms with Gasteiger partial charge in [0.05, 0.1) is 4.92 Å². The number of hydrogen-bond donors (Lipinski definition) is 1. The third kappa shape index (κ3) is 2.08. The summed E-state index contributed by atoms with van der Waals surface area (Å²) >= 11 is 0. The Morgan fingerprint density at radius 1 is 1.56 bits per heavy atom. The molecular weight excluding hydrogens is 236 g/mol. The lowest BCUT2D eigenvalue weighted by Gasteiger charge is -2.08. The number of hydrogen-bond acceptors (Lipinski definition) is 6. The van der Waals surface area contributed by atoms with Crippen molar-refractivity contribution in [1.82, 2.24) is 19.6 Å². The third-order valence-corrected chi connectivity index (χ3v) is 2.58. The Balaban J connectivity index is 2.52. The van der Waals surface area contributed by atoms with Gasteiger partial charge in [-0.25, -0.2) is 4.98 Å². The van der Waals surface area contributed by atoms with Gasteiger partial charge in [-0.05, 0) is 13.3 Å². The topological polar surface area (TPSA) is 98.2 Å². The number of aryl methyl sites for hydroxylation is 1. The summed E-state index contributed by atoms with van der Waals surface area (Å²) in [6, 6.07) is 0. The second-order valence-corrected chi connectivity index (χ2v) is 3.90. The minimum Gasteiger partial charge on any atom is -0.364 e. The maximum absolute atomic E-state index is 11.1. The van der Waals surface area contributed by atoms with Gasteiger partial charge < -0.3 is 5.32 Å². The average molecular weight is 250 g/mol. The number of nitrogens with one attached hydrogen (secondary N) is 1. The van der Waals surface area contributed by atoms with E-state index in [0.29, 0.717) is 23.8 Å². The highest BCUT2D eigenvalue weighted by molar-refractivity contribution is 5.62. The molecule has 0 radical (unpaired) electrons. The van der Waals surface area contributed by atoms with Crippen LogP contribution in [0.4, 0.5) is 11.5 Å². The van der Waals surface area contributed by atoms with Crippen molar-refractivity contribution in [3.8, 4) is 0 Å². The van der Waals surface area contributed by atoms with Crippen molar-refractivity contribution in [3.63, 3.8) is 0 Å². The van der Waals surface area contributed by atoms with Crippen molar-refractivity contribution < 1.29 is 4.92 Å². The highest BCUT2D eigenvalue weighted by Gasteiger charge is 2.23. The predicted molar refractivity (Wildman–Crippen MR) is 65.6 cm³/mol. The van der Waals surface area contributed by atoms with E-state index in [9.17, 15) is 10.1 Å². The summed E-state index contributed by atoms with van der Waals surface area (Å²) in [4.78, 5) is 18.7. The van der Waals surface area contributed by atoms with Crippen LogP contribution in [0.15, 0.2) is 6.33 Å². The second kappa shape index (κ2) is 4.94. The largest absolute Gasteiger partial charge is 0.364 e. The Bertz CT molecular complexity index is 579. The fourth-order valence-corrected chi connectivity index (χ4v) is 1.70. The molecule has 0 unspecified atom stereocenters. The van der Waals surface area contributed by atoms with E-state index in [4.69, 9.17) is 0 Å². The minimum absolute atomic E-state index is 0.0518. The Morgan fingerprint density at radius 3 is 3.00 bits per heavy atom. The molecule has 2 aromatic rings. The van der Waals surface area contributed by atoms with E-state index in [1.165, 1.54) is 10.8 Å². The Labute approximate surface area is 103 Å². The Morgan fingerprint density at radius 2 is 2.33 bits per heavy atom. The standard InChI is InChI=1S/C10H14N6O2/c1-3-4-5-11-9-8(16(17)18)7(2)14-10-12-6-13-15(9)10/h6,11H,3-5H2,1-2H3. The molecule has 96 valence electrons. The first kappa shape index (κ1) is 12.2. The van der Waals surface area contributed by atoms with Crippen LogP contribution >= 0.6 is 0 Å². The number of rotatable bonds is 5. The van der Waals surface area contributed by atoms with Crippen LogP contribution in [0.3, 0.4) is 0 Å². The molecule has 0 spiro atoms. The van der Waals surface area contributed by atoms with E-state index in [-0.39, 0.29) is 5.69 Å². The number of fused-ring (bicyclic) bond motifs is 1. The molecule has 18 heavy (non-hydrogen) atoms. The molecule has 2 heterocycles. The first-order chi connectivity index (χ1) is 8.65. The lowest BCUT2D eigenvalue weighted by molar-refractivity contribution is -0.385. The van der Waals surface area contributed by atoms with Crippen LogP contribution < -0.4 is 5.32 Å². The average Bonchev–Trinajstić information content (AvgIpc) is 2.76. The highest BCUT2D eigenvalue weighted by Crippen LogP contribution is 2.26. The summed E-state index contributed by atoms with van der Waals surface area (Å²) in [5.74, 6) is 0.700. The number of nitrogens with zero attached hydrogens (tertiary/aromatic N) is 5. The molecule has 0 aromatic carbocycles. The maximum Gasteiger partial charge on any atom is 0.332 e. The number of anilines is 1. The van der Waals surface area contributed by atoms with E-state index in [1.807, 2.05) is 0 Å². The molecule has 0 fully saturated rings. The molecule has 0 saturated heterocycles. The van der Waals surface area contributed by atoms with Crippen molar-refractivity contribution in [2.75, 3.05) is 11.9 Å². The summed E-state index contributed by atoms with van der Waals surface area (Å²) in [6.45, 7) is 4.30. The zero-order chi connectivity index (χ0) is 13.1. The normalized spacial score (nSPS) is 10.8. The van der Waals surface area contributed by atoms with Crippen molar-refractivity contribution in [2.24, 2.45) is 0 Å². The third-order valence-electron chi connectivity index (χ3n) is 2.58. The van der Waals surface area contributed by atoms with Crippen LogP contribution in [0.1, 0.15) is 25.5 Å². The lowest BCUT2D eigenvalue weighted by atomic mass is 10.3. The molecule has 1 N–H and O–H groups in total. The van der Waals surface area contributed by atoms with Gasteiger partial charge in [-0.1, -0.05) is 13.3 Å². The van der Waals surface area contributed by atoms with Gasteiger partial charge in [0.1, 0.15) is 12.0 Å². The molecule has 8 nitrogen and oxygen atoms in total. The first-order valence-electron chi connectivity index (χ1n) is 5.73. The zero-order valence-corrected chi connectivity index (χ0v) is 10.3. The van der Waals surface area contributed by atoms with E-state index in [0.717, 1.165) is 12.8 Å². The molecule has 0 saturated carbocycles. The molecule has 0 aliphatic carbocycles. The molecule has 0 atom stereocenters. The maximum atomic E-state index is 11.1. The molecule has 2 aromatic heterocycles. The summed E-state index contributed by atoms with van der Waals surface area (Å²) < 4.78 is 1.36. The SMILES string of the molecule is CCCCNc1c([N+](=O)[O-])c(C)nc2ncnn12. The van der Waals surface area contributed by atoms with Crippen molar-refractivity contribution in [1.29, 1.82) is 0 Å². The Hall–Kier alpha value is -2.25. The molecule has 0 amide bonds. The molecular formula is C10H14N6O2. The van der Waals surface area contributed by atoms with Crippen LogP contribution in [0.2, 0.25) is 0 Å². The van der Waals surface area contributed by atoms with Gasteiger partial charge in [0, 0.05) is 6.54 Å². The molecule has 2 rings (SSSR count). The van der Waals surface area contributed by atoms with Crippen LogP contribution in [-0.4, -0.2) is 31.1 Å². The second-order valence-electron chi connectivity index (χ2n) is 3.90.